The van der Waals surface area contributed by atoms with Gasteiger partial charge in [0.05, 0.1) is 5.69 Å². The molecule has 1 saturated carbocycles. The van der Waals surface area contributed by atoms with Crippen molar-refractivity contribution in [1.29, 1.82) is 0 Å². The second-order valence-corrected chi connectivity index (χ2v) is 6.89. The number of benzene rings is 1. The number of thiazole rings is 1. The van der Waals surface area contributed by atoms with Gasteiger partial charge in [-0.25, -0.2) is 4.98 Å². The number of aromatic nitrogens is 1. The van der Waals surface area contributed by atoms with Crippen molar-refractivity contribution >= 4 is 11.3 Å². The van der Waals surface area contributed by atoms with Crippen LogP contribution in [0.4, 0.5) is 0 Å². The van der Waals surface area contributed by atoms with E-state index in [1.165, 1.54) is 52.9 Å². The Kier molecular flexibility index (Phi) is 3.90. The summed E-state index contributed by atoms with van der Waals surface area (Å²) in [5.41, 5.74) is 11.0. The van der Waals surface area contributed by atoms with Crippen molar-refractivity contribution < 1.29 is 0 Å². The SMILES string of the molecule is Cc1cccc(C)c1-c1nc(CN)sc1C1CCCC1. The lowest BCUT2D eigenvalue weighted by atomic mass is 9.95. The molecule has 1 aliphatic rings. The molecule has 1 aromatic carbocycles. The zero-order chi connectivity index (χ0) is 14.1. The molecule has 0 unspecified atom stereocenters. The Balaban J connectivity index is 2.14. The third-order valence-corrected chi connectivity index (χ3v) is 5.56. The molecule has 0 amide bonds. The minimum atomic E-state index is 0.551. The molecule has 3 heteroatoms. The molecule has 1 fully saturated rings. The first-order valence-corrected chi connectivity index (χ1v) is 8.28. The lowest BCUT2D eigenvalue weighted by Crippen LogP contribution is -1.97. The van der Waals surface area contributed by atoms with Gasteiger partial charge in [0.25, 0.3) is 0 Å². The molecule has 2 aromatic rings. The average molecular weight is 286 g/mol. The van der Waals surface area contributed by atoms with E-state index in [1.54, 1.807) is 0 Å². The normalized spacial score (nSPS) is 15.9. The predicted octanol–water partition coefficient (Wildman–Crippen LogP) is 4.54. The predicted molar refractivity (Wildman–Crippen MR) is 86.1 cm³/mol. The summed E-state index contributed by atoms with van der Waals surface area (Å²) < 4.78 is 0. The zero-order valence-corrected chi connectivity index (χ0v) is 13.1. The monoisotopic (exact) mass is 286 g/mol. The Hall–Kier alpha value is -1.19. The van der Waals surface area contributed by atoms with Crippen LogP contribution < -0.4 is 5.73 Å². The van der Waals surface area contributed by atoms with E-state index in [0.717, 1.165) is 5.01 Å². The zero-order valence-electron chi connectivity index (χ0n) is 12.3. The van der Waals surface area contributed by atoms with Crippen molar-refractivity contribution in [2.75, 3.05) is 0 Å². The molecule has 1 heterocycles. The molecule has 0 spiro atoms. The minimum absolute atomic E-state index is 0.551. The maximum absolute atomic E-state index is 5.83. The number of hydrogen-bond donors (Lipinski definition) is 1. The van der Waals surface area contributed by atoms with Gasteiger partial charge in [0.1, 0.15) is 5.01 Å². The highest BCUT2D eigenvalue weighted by Gasteiger charge is 2.25. The maximum atomic E-state index is 5.83. The van der Waals surface area contributed by atoms with E-state index in [4.69, 9.17) is 10.7 Å². The summed E-state index contributed by atoms with van der Waals surface area (Å²) in [6, 6.07) is 6.49. The Morgan fingerprint density at radius 1 is 1.20 bits per heavy atom. The third-order valence-electron chi connectivity index (χ3n) is 4.32. The fraction of sp³-hybridized carbons (Fsp3) is 0.471. The Labute approximate surface area is 125 Å². The molecule has 0 saturated heterocycles. The quantitative estimate of drug-likeness (QED) is 0.899. The van der Waals surface area contributed by atoms with Gasteiger partial charge in [0.15, 0.2) is 0 Å². The lowest BCUT2D eigenvalue weighted by molar-refractivity contribution is 0.737. The first-order chi connectivity index (χ1) is 9.70. The van der Waals surface area contributed by atoms with Crippen molar-refractivity contribution in [3.63, 3.8) is 0 Å². The van der Waals surface area contributed by atoms with Crippen LogP contribution in [0.3, 0.4) is 0 Å². The van der Waals surface area contributed by atoms with Crippen molar-refractivity contribution in [3.05, 3.63) is 39.2 Å². The third kappa shape index (κ3) is 2.40. The summed E-state index contributed by atoms with van der Waals surface area (Å²) in [6.45, 7) is 4.92. The van der Waals surface area contributed by atoms with E-state index in [0.29, 0.717) is 12.5 Å². The smallest absolute Gasteiger partial charge is 0.107 e. The van der Waals surface area contributed by atoms with E-state index in [2.05, 4.69) is 32.0 Å². The van der Waals surface area contributed by atoms with E-state index in [9.17, 15) is 0 Å². The second-order valence-electron chi connectivity index (χ2n) is 5.77. The molecule has 106 valence electrons. The van der Waals surface area contributed by atoms with Crippen LogP contribution in [0.2, 0.25) is 0 Å². The number of nitrogens with zero attached hydrogens (tertiary/aromatic N) is 1. The molecule has 0 atom stereocenters. The maximum Gasteiger partial charge on any atom is 0.107 e. The Bertz CT molecular complexity index is 589. The van der Waals surface area contributed by atoms with Gasteiger partial charge in [0.2, 0.25) is 0 Å². The van der Waals surface area contributed by atoms with Crippen molar-refractivity contribution in [2.24, 2.45) is 5.73 Å². The average Bonchev–Trinajstić information content (AvgIpc) is 3.07. The fourth-order valence-electron chi connectivity index (χ4n) is 3.30. The molecule has 3 rings (SSSR count). The van der Waals surface area contributed by atoms with Crippen LogP contribution >= 0.6 is 11.3 Å². The fourth-order valence-corrected chi connectivity index (χ4v) is 4.42. The molecule has 0 radical (unpaired) electrons. The first-order valence-electron chi connectivity index (χ1n) is 7.47. The highest BCUT2D eigenvalue weighted by atomic mass is 32.1. The first kappa shape index (κ1) is 13.8. The summed E-state index contributed by atoms with van der Waals surface area (Å²) in [4.78, 5) is 6.33. The van der Waals surface area contributed by atoms with Crippen molar-refractivity contribution in [1.82, 2.24) is 4.98 Å². The second kappa shape index (κ2) is 5.66. The van der Waals surface area contributed by atoms with Crippen molar-refractivity contribution in [2.45, 2.75) is 52.0 Å². The summed E-state index contributed by atoms with van der Waals surface area (Å²) in [5.74, 6) is 0.696. The minimum Gasteiger partial charge on any atom is -0.325 e. The van der Waals surface area contributed by atoms with Crippen LogP contribution in [0.15, 0.2) is 18.2 Å². The number of hydrogen-bond acceptors (Lipinski definition) is 3. The van der Waals surface area contributed by atoms with Gasteiger partial charge >= 0.3 is 0 Å². The summed E-state index contributed by atoms with van der Waals surface area (Å²) in [5, 5.41) is 1.07. The molecule has 2 nitrogen and oxygen atoms in total. The molecular weight excluding hydrogens is 264 g/mol. The van der Waals surface area contributed by atoms with E-state index >= 15 is 0 Å². The Morgan fingerprint density at radius 2 is 1.85 bits per heavy atom. The van der Waals surface area contributed by atoms with Gasteiger partial charge in [-0.3, -0.25) is 0 Å². The van der Waals surface area contributed by atoms with Crippen LogP contribution in [-0.4, -0.2) is 4.98 Å². The number of rotatable bonds is 3. The standard InChI is InChI=1S/C17H22N2S/c1-11-6-5-7-12(2)15(11)16-17(13-8-3-4-9-13)20-14(10-18)19-16/h5-7,13H,3-4,8-10,18H2,1-2H3. The highest BCUT2D eigenvalue weighted by Crippen LogP contribution is 2.43. The van der Waals surface area contributed by atoms with E-state index < -0.39 is 0 Å². The van der Waals surface area contributed by atoms with Gasteiger partial charge in [0, 0.05) is 17.0 Å². The van der Waals surface area contributed by atoms with Gasteiger partial charge < -0.3 is 5.73 Å². The molecule has 20 heavy (non-hydrogen) atoms. The van der Waals surface area contributed by atoms with Crippen molar-refractivity contribution in [3.8, 4) is 11.3 Å². The van der Waals surface area contributed by atoms with Crippen LogP contribution in [0.5, 0.6) is 0 Å². The molecule has 1 aromatic heterocycles. The largest absolute Gasteiger partial charge is 0.325 e. The topological polar surface area (TPSA) is 38.9 Å². The van der Waals surface area contributed by atoms with E-state index in [-0.39, 0.29) is 0 Å². The van der Waals surface area contributed by atoms with Crippen LogP contribution in [-0.2, 0) is 6.54 Å². The van der Waals surface area contributed by atoms with E-state index in [1.807, 2.05) is 11.3 Å². The number of aryl methyl sites for hydroxylation is 2. The van der Waals surface area contributed by atoms with Crippen LogP contribution in [0.1, 0.15) is 52.6 Å². The lowest BCUT2D eigenvalue weighted by Gasteiger charge is -2.13. The summed E-state index contributed by atoms with van der Waals surface area (Å²) in [6.07, 6.45) is 5.33. The molecule has 1 aliphatic carbocycles. The highest BCUT2D eigenvalue weighted by molar-refractivity contribution is 7.12. The summed E-state index contributed by atoms with van der Waals surface area (Å²) >= 11 is 1.83. The Morgan fingerprint density at radius 3 is 2.45 bits per heavy atom. The molecule has 0 aliphatic heterocycles. The van der Waals surface area contributed by atoms with Gasteiger partial charge in [-0.2, -0.15) is 0 Å². The van der Waals surface area contributed by atoms with Crippen LogP contribution in [0.25, 0.3) is 11.3 Å². The van der Waals surface area contributed by atoms with Gasteiger partial charge in [-0.1, -0.05) is 31.0 Å². The molecular formula is C17H22N2S. The van der Waals surface area contributed by atoms with Gasteiger partial charge in [-0.05, 0) is 43.7 Å². The van der Waals surface area contributed by atoms with Gasteiger partial charge in [-0.15, -0.1) is 11.3 Å². The van der Waals surface area contributed by atoms with Crippen LogP contribution in [0, 0.1) is 13.8 Å². The number of nitrogens with two attached hydrogens (primary N) is 1. The summed E-state index contributed by atoms with van der Waals surface area (Å²) in [7, 11) is 0. The molecule has 2 N–H and O–H groups in total. The molecule has 0 bridgehead atoms.